The Balaban J connectivity index is 1.22. The Morgan fingerprint density at radius 2 is 1.50 bits per heavy atom. The van der Waals surface area contributed by atoms with Crippen LogP contribution in [-0.2, 0) is 4.74 Å². The molecule has 1 aliphatic heterocycles. The Morgan fingerprint density at radius 3 is 2.15 bits per heavy atom. The molecule has 1 saturated heterocycles. The average Bonchev–Trinajstić information content (AvgIpc) is 3.51. The Labute approximate surface area is 229 Å². The van der Waals surface area contributed by atoms with E-state index in [1.54, 1.807) is 35.5 Å². The van der Waals surface area contributed by atoms with E-state index in [0.29, 0.717) is 59.2 Å². The van der Waals surface area contributed by atoms with Crippen molar-refractivity contribution in [3.63, 3.8) is 0 Å². The summed E-state index contributed by atoms with van der Waals surface area (Å²) < 4.78 is 10.6. The molecule has 1 fully saturated rings. The molecule has 40 heavy (non-hydrogen) atoms. The van der Waals surface area contributed by atoms with Crippen LogP contribution in [0.15, 0.2) is 83.6 Å². The highest BCUT2D eigenvalue weighted by atomic mass is 16.5. The molecule has 0 aliphatic carbocycles. The van der Waals surface area contributed by atoms with E-state index < -0.39 is 5.91 Å². The molecule has 4 heterocycles. The van der Waals surface area contributed by atoms with Crippen molar-refractivity contribution < 1.29 is 24.1 Å². The fourth-order valence-corrected chi connectivity index (χ4v) is 4.67. The molecule has 2 aromatic carbocycles. The second kappa shape index (κ2) is 10.7. The van der Waals surface area contributed by atoms with Gasteiger partial charge in [-0.05, 0) is 23.3 Å². The van der Waals surface area contributed by atoms with E-state index in [9.17, 15) is 14.8 Å². The molecular weight excluding hydrogens is 510 g/mol. The van der Waals surface area contributed by atoms with Gasteiger partial charge in [0.1, 0.15) is 5.69 Å². The van der Waals surface area contributed by atoms with Crippen molar-refractivity contribution in [2.24, 2.45) is 0 Å². The third kappa shape index (κ3) is 4.93. The van der Waals surface area contributed by atoms with Gasteiger partial charge in [-0.1, -0.05) is 53.7 Å². The number of nitrogens with zero attached hydrogens (tertiary/aromatic N) is 5. The first-order valence-corrected chi connectivity index (χ1v) is 12.7. The molecule has 10 heteroatoms. The van der Waals surface area contributed by atoms with Gasteiger partial charge in [0, 0.05) is 55.1 Å². The quantitative estimate of drug-likeness (QED) is 0.257. The van der Waals surface area contributed by atoms with Crippen molar-refractivity contribution in [3.8, 4) is 33.6 Å². The van der Waals surface area contributed by atoms with Gasteiger partial charge < -0.3 is 14.2 Å². The lowest BCUT2D eigenvalue weighted by Gasteiger charge is -2.25. The van der Waals surface area contributed by atoms with E-state index in [1.807, 2.05) is 48.5 Å². The summed E-state index contributed by atoms with van der Waals surface area (Å²) in [6.45, 7) is 2.12. The van der Waals surface area contributed by atoms with Gasteiger partial charge in [-0.2, -0.15) is 0 Å². The van der Waals surface area contributed by atoms with Gasteiger partial charge in [0.05, 0.1) is 30.0 Å². The number of amides is 2. The normalized spacial score (nSPS) is 13.4. The van der Waals surface area contributed by atoms with Crippen LogP contribution >= 0.6 is 0 Å². The highest BCUT2D eigenvalue weighted by Gasteiger charge is 2.23. The topological polar surface area (TPSA) is 122 Å². The monoisotopic (exact) mass is 535 g/mol. The first-order valence-electron chi connectivity index (χ1n) is 12.7. The Hall–Kier alpha value is -4.93. The van der Waals surface area contributed by atoms with E-state index in [1.165, 1.54) is 7.05 Å². The van der Waals surface area contributed by atoms with Crippen molar-refractivity contribution in [1.29, 1.82) is 0 Å². The molecule has 1 N–H and O–H groups in total. The van der Waals surface area contributed by atoms with Crippen LogP contribution < -0.4 is 0 Å². The van der Waals surface area contributed by atoms with Crippen molar-refractivity contribution in [3.05, 3.63) is 90.4 Å². The summed E-state index contributed by atoms with van der Waals surface area (Å²) in [4.78, 5) is 35.8. The van der Waals surface area contributed by atoms with Gasteiger partial charge in [-0.15, -0.1) is 0 Å². The molecule has 0 unspecified atom stereocenters. The Bertz CT molecular complexity index is 1690. The smallest absolute Gasteiger partial charge is 0.292 e. The largest absolute Gasteiger partial charge is 0.378 e. The number of ether oxygens (including phenoxy) is 1. The summed E-state index contributed by atoms with van der Waals surface area (Å²) in [6, 6.07) is 20.8. The van der Waals surface area contributed by atoms with Gasteiger partial charge >= 0.3 is 0 Å². The summed E-state index contributed by atoms with van der Waals surface area (Å²) in [6.07, 6.45) is 3.18. The maximum Gasteiger partial charge on any atom is 0.292 e. The van der Waals surface area contributed by atoms with Crippen molar-refractivity contribution in [2.75, 3.05) is 33.4 Å². The summed E-state index contributed by atoms with van der Waals surface area (Å²) >= 11 is 0. The van der Waals surface area contributed by atoms with E-state index in [0.717, 1.165) is 22.3 Å². The van der Waals surface area contributed by atoms with E-state index in [-0.39, 0.29) is 11.7 Å². The number of morpholine rings is 1. The maximum atomic E-state index is 12.7. The first-order chi connectivity index (χ1) is 19.5. The second-order valence-electron chi connectivity index (χ2n) is 9.41. The summed E-state index contributed by atoms with van der Waals surface area (Å²) in [5.41, 5.74) is 5.79. The zero-order valence-corrected chi connectivity index (χ0v) is 21.7. The summed E-state index contributed by atoms with van der Waals surface area (Å²) in [7, 11) is 1.29. The molecule has 0 spiro atoms. The molecule has 0 saturated carbocycles. The molecule has 0 bridgehead atoms. The number of hydrogen-bond donors (Lipinski definition) is 1. The number of hydrogen-bond acceptors (Lipinski definition) is 8. The Kier molecular flexibility index (Phi) is 6.77. The SMILES string of the molecule is CN(O)C(=O)c1cc(-c2ccc(-c3ccc(-c4cc(C(=O)N5CCOCC5)on4)cc3)cc2)nc2ccncc12. The summed E-state index contributed by atoms with van der Waals surface area (Å²) in [5, 5.41) is 15.0. The fourth-order valence-electron chi connectivity index (χ4n) is 4.67. The molecule has 2 amide bonds. The standard InChI is InChI=1S/C30H25N5O5/c1-34(38)29(36)23-16-26(32-25-10-11-31-18-24(23)25)21-6-2-19(3-7-21)20-4-8-22(9-5-20)27-17-28(40-33-27)30(37)35-12-14-39-15-13-35/h2-11,16-18,38H,12-15H2,1H3. The zero-order valence-electron chi connectivity index (χ0n) is 21.7. The maximum absolute atomic E-state index is 12.7. The second-order valence-corrected chi connectivity index (χ2v) is 9.41. The lowest BCUT2D eigenvalue weighted by Crippen LogP contribution is -2.40. The molecule has 6 rings (SSSR count). The molecule has 5 aromatic rings. The third-order valence-electron chi connectivity index (χ3n) is 6.85. The fraction of sp³-hybridized carbons (Fsp3) is 0.167. The lowest BCUT2D eigenvalue weighted by atomic mass is 9.99. The zero-order chi connectivity index (χ0) is 27.6. The van der Waals surface area contributed by atoms with Gasteiger partial charge in [0.2, 0.25) is 5.76 Å². The summed E-state index contributed by atoms with van der Waals surface area (Å²) in [5.74, 6) is -0.509. The van der Waals surface area contributed by atoms with Crippen LogP contribution in [0.4, 0.5) is 0 Å². The number of carbonyl (C=O) groups is 2. The average molecular weight is 536 g/mol. The molecular formula is C30H25N5O5. The number of fused-ring (bicyclic) bond motifs is 1. The van der Waals surface area contributed by atoms with Crippen LogP contribution in [0.2, 0.25) is 0 Å². The van der Waals surface area contributed by atoms with Crippen molar-refractivity contribution in [2.45, 2.75) is 0 Å². The van der Waals surface area contributed by atoms with E-state index in [2.05, 4.69) is 10.1 Å². The van der Waals surface area contributed by atoms with Gasteiger partial charge in [-0.3, -0.25) is 19.8 Å². The third-order valence-corrected chi connectivity index (χ3v) is 6.85. The van der Waals surface area contributed by atoms with Crippen LogP contribution in [-0.4, -0.2) is 75.5 Å². The number of carbonyl (C=O) groups excluding carboxylic acids is 2. The van der Waals surface area contributed by atoms with Gasteiger partial charge in [0.25, 0.3) is 11.8 Å². The predicted octanol–water partition coefficient (Wildman–Crippen LogP) is 4.55. The number of hydroxylamine groups is 2. The predicted molar refractivity (Wildman–Crippen MR) is 147 cm³/mol. The molecule has 0 radical (unpaired) electrons. The molecule has 3 aromatic heterocycles. The van der Waals surface area contributed by atoms with Gasteiger partial charge in [-0.25, -0.2) is 10.0 Å². The highest BCUT2D eigenvalue weighted by Crippen LogP contribution is 2.29. The van der Waals surface area contributed by atoms with Crippen LogP contribution in [0.5, 0.6) is 0 Å². The number of benzene rings is 2. The van der Waals surface area contributed by atoms with Crippen LogP contribution in [0.3, 0.4) is 0 Å². The van der Waals surface area contributed by atoms with Crippen LogP contribution in [0.1, 0.15) is 20.9 Å². The minimum Gasteiger partial charge on any atom is -0.378 e. The van der Waals surface area contributed by atoms with E-state index >= 15 is 0 Å². The van der Waals surface area contributed by atoms with Crippen molar-refractivity contribution >= 4 is 22.7 Å². The molecule has 200 valence electrons. The highest BCUT2D eigenvalue weighted by molar-refractivity contribution is 6.06. The van der Waals surface area contributed by atoms with Crippen molar-refractivity contribution in [1.82, 2.24) is 25.1 Å². The molecule has 10 nitrogen and oxygen atoms in total. The first kappa shape index (κ1) is 25.4. The van der Waals surface area contributed by atoms with Crippen LogP contribution in [0.25, 0.3) is 44.5 Å². The van der Waals surface area contributed by atoms with E-state index in [4.69, 9.17) is 14.2 Å². The van der Waals surface area contributed by atoms with Gasteiger partial charge in [0.15, 0.2) is 0 Å². The molecule has 1 aliphatic rings. The lowest BCUT2D eigenvalue weighted by molar-refractivity contribution is -0.0373. The number of aromatic nitrogens is 3. The Morgan fingerprint density at radius 1 is 0.875 bits per heavy atom. The minimum atomic E-state index is -0.539. The molecule has 0 atom stereocenters. The minimum absolute atomic E-state index is 0.184. The number of rotatable bonds is 5. The van der Waals surface area contributed by atoms with Crippen LogP contribution in [0, 0.1) is 0 Å². The number of pyridine rings is 2.